The van der Waals surface area contributed by atoms with E-state index >= 15 is 0 Å². The number of benzene rings is 1. The van der Waals surface area contributed by atoms with E-state index in [1.165, 1.54) is 0 Å². The van der Waals surface area contributed by atoms with Crippen LogP contribution in [0.15, 0.2) is 24.3 Å². The average molecular weight is 208 g/mol. The van der Waals surface area contributed by atoms with Gasteiger partial charge in [0.1, 0.15) is 0 Å². The molecule has 0 saturated heterocycles. The minimum absolute atomic E-state index is 0.650. The van der Waals surface area contributed by atoms with Crippen molar-refractivity contribution in [1.82, 2.24) is 4.90 Å². The Kier molecular flexibility index (Phi) is 5.15. The molecule has 15 heavy (non-hydrogen) atoms. The zero-order chi connectivity index (χ0) is 11.1. The van der Waals surface area contributed by atoms with Crippen molar-refractivity contribution in [2.75, 3.05) is 25.6 Å². The number of anilines is 1. The summed E-state index contributed by atoms with van der Waals surface area (Å²) in [6.07, 6.45) is 0. The molecule has 0 aliphatic rings. The zero-order valence-electron chi connectivity index (χ0n) is 9.57. The molecule has 0 unspecified atom stereocenters. The largest absolute Gasteiger partial charge is 0.399 e. The van der Waals surface area contributed by atoms with E-state index in [1.54, 1.807) is 0 Å². The van der Waals surface area contributed by atoms with Crippen LogP contribution in [0, 0.1) is 0 Å². The molecule has 0 aliphatic carbocycles. The summed E-state index contributed by atoms with van der Waals surface area (Å²) in [5.41, 5.74) is 7.55. The van der Waals surface area contributed by atoms with Crippen molar-refractivity contribution in [2.24, 2.45) is 0 Å². The molecule has 0 saturated carbocycles. The van der Waals surface area contributed by atoms with Crippen LogP contribution in [-0.2, 0) is 11.3 Å². The highest BCUT2D eigenvalue weighted by atomic mass is 16.5. The van der Waals surface area contributed by atoms with Crippen molar-refractivity contribution >= 4 is 5.69 Å². The fraction of sp³-hybridized carbons (Fsp3) is 0.500. The number of rotatable bonds is 6. The Labute approximate surface area is 91.8 Å². The number of ether oxygens (including phenoxy) is 1. The van der Waals surface area contributed by atoms with Crippen molar-refractivity contribution in [1.29, 1.82) is 0 Å². The van der Waals surface area contributed by atoms with Gasteiger partial charge < -0.3 is 10.5 Å². The first-order valence-electron chi connectivity index (χ1n) is 5.40. The van der Waals surface area contributed by atoms with Gasteiger partial charge in [-0.05, 0) is 30.8 Å². The van der Waals surface area contributed by atoms with Gasteiger partial charge in [-0.15, -0.1) is 0 Å². The van der Waals surface area contributed by atoms with Crippen LogP contribution >= 0.6 is 0 Å². The van der Waals surface area contributed by atoms with E-state index in [2.05, 4.69) is 18.7 Å². The standard InChI is InChI=1S/C12H20N2O/c1-3-14(4-2)10-15-9-11-5-7-12(13)8-6-11/h5-8H,3-4,9-10,13H2,1-2H3. The van der Waals surface area contributed by atoms with Crippen molar-refractivity contribution in [3.05, 3.63) is 29.8 Å². The summed E-state index contributed by atoms with van der Waals surface area (Å²) >= 11 is 0. The van der Waals surface area contributed by atoms with Crippen molar-refractivity contribution in [3.8, 4) is 0 Å². The molecule has 3 nitrogen and oxygen atoms in total. The maximum atomic E-state index is 5.60. The lowest BCUT2D eigenvalue weighted by molar-refractivity contribution is 0.0241. The Morgan fingerprint density at radius 1 is 1.13 bits per heavy atom. The van der Waals surface area contributed by atoms with E-state index in [0.29, 0.717) is 13.3 Å². The summed E-state index contributed by atoms with van der Waals surface area (Å²) in [5.74, 6) is 0. The molecule has 0 aromatic heterocycles. The van der Waals surface area contributed by atoms with Gasteiger partial charge in [-0.25, -0.2) is 0 Å². The first kappa shape index (κ1) is 12.0. The van der Waals surface area contributed by atoms with E-state index in [9.17, 15) is 0 Å². The molecule has 1 aromatic rings. The minimum atomic E-state index is 0.650. The number of nitrogens with zero attached hydrogens (tertiary/aromatic N) is 1. The number of nitrogens with two attached hydrogens (primary N) is 1. The lowest BCUT2D eigenvalue weighted by Gasteiger charge is -2.17. The second-order valence-electron chi connectivity index (χ2n) is 3.52. The highest BCUT2D eigenvalue weighted by molar-refractivity contribution is 5.39. The molecule has 1 aromatic carbocycles. The predicted octanol–water partition coefficient (Wildman–Crippen LogP) is 2.08. The first-order valence-corrected chi connectivity index (χ1v) is 5.40. The fourth-order valence-corrected chi connectivity index (χ4v) is 1.31. The first-order chi connectivity index (χ1) is 7.26. The van der Waals surface area contributed by atoms with E-state index in [1.807, 2.05) is 24.3 Å². The molecule has 1 rings (SSSR count). The third-order valence-corrected chi connectivity index (χ3v) is 2.42. The molecule has 0 fully saturated rings. The van der Waals surface area contributed by atoms with E-state index in [0.717, 1.165) is 24.3 Å². The Bertz CT molecular complexity index is 267. The summed E-state index contributed by atoms with van der Waals surface area (Å²) in [5, 5.41) is 0. The Morgan fingerprint density at radius 3 is 2.27 bits per heavy atom. The van der Waals surface area contributed by atoms with E-state index in [4.69, 9.17) is 10.5 Å². The van der Waals surface area contributed by atoms with Gasteiger partial charge in [0.05, 0.1) is 13.3 Å². The van der Waals surface area contributed by atoms with Crippen LogP contribution < -0.4 is 5.73 Å². The number of nitrogen functional groups attached to an aromatic ring is 1. The lowest BCUT2D eigenvalue weighted by Crippen LogP contribution is -2.25. The Balaban J connectivity index is 2.28. The van der Waals surface area contributed by atoms with Crippen LogP contribution in [-0.4, -0.2) is 24.7 Å². The SMILES string of the molecule is CCN(CC)COCc1ccc(N)cc1. The van der Waals surface area contributed by atoms with Gasteiger partial charge >= 0.3 is 0 Å². The third kappa shape index (κ3) is 4.32. The van der Waals surface area contributed by atoms with Gasteiger partial charge in [-0.1, -0.05) is 26.0 Å². The summed E-state index contributed by atoms with van der Waals surface area (Å²) in [4.78, 5) is 2.23. The van der Waals surface area contributed by atoms with Crippen molar-refractivity contribution in [3.63, 3.8) is 0 Å². The monoisotopic (exact) mass is 208 g/mol. The average Bonchev–Trinajstić information content (AvgIpc) is 2.27. The molecule has 0 atom stereocenters. The fourth-order valence-electron chi connectivity index (χ4n) is 1.31. The highest BCUT2D eigenvalue weighted by Crippen LogP contribution is 2.06. The molecule has 0 radical (unpaired) electrons. The van der Waals surface area contributed by atoms with Crippen LogP contribution in [0.1, 0.15) is 19.4 Å². The molecule has 0 heterocycles. The second kappa shape index (κ2) is 6.43. The smallest absolute Gasteiger partial charge is 0.0994 e. The van der Waals surface area contributed by atoms with Crippen LogP contribution in [0.4, 0.5) is 5.69 Å². The van der Waals surface area contributed by atoms with Crippen LogP contribution in [0.2, 0.25) is 0 Å². The number of hydrogen-bond acceptors (Lipinski definition) is 3. The molecular formula is C12H20N2O. The van der Waals surface area contributed by atoms with Gasteiger partial charge in [0, 0.05) is 5.69 Å². The zero-order valence-corrected chi connectivity index (χ0v) is 9.57. The maximum absolute atomic E-state index is 5.60. The Morgan fingerprint density at radius 2 is 1.73 bits per heavy atom. The summed E-state index contributed by atoms with van der Waals surface area (Å²) < 4.78 is 5.59. The Hall–Kier alpha value is -1.06. The topological polar surface area (TPSA) is 38.5 Å². The third-order valence-electron chi connectivity index (χ3n) is 2.42. The minimum Gasteiger partial charge on any atom is -0.399 e. The molecule has 3 heteroatoms. The number of hydrogen-bond donors (Lipinski definition) is 1. The molecule has 0 spiro atoms. The quantitative estimate of drug-likeness (QED) is 0.574. The van der Waals surface area contributed by atoms with Crippen molar-refractivity contribution in [2.45, 2.75) is 20.5 Å². The van der Waals surface area contributed by atoms with Gasteiger partial charge in [-0.3, -0.25) is 4.90 Å². The second-order valence-corrected chi connectivity index (χ2v) is 3.52. The van der Waals surface area contributed by atoms with Crippen LogP contribution in [0.25, 0.3) is 0 Å². The lowest BCUT2D eigenvalue weighted by atomic mass is 10.2. The van der Waals surface area contributed by atoms with Crippen LogP contribution in [0.5, 0.6) is 0 Å². The molecular weight excluding hydrogens is 188 g/mol. The van der Waals surface area contributed by atoms with Crippen LogP contribution in [0.3, 0.4) is 0 Å². The molecule has 2 N–H and O–H groups in total. The van der Waals surface area contributed by atoms with E-state index in [-0.39, 0.29) is 0 Å². The highest BCUT2D eigenvalue weighted by Gasteiger charge is 1.98. The van der Waals surface area contributed by atoms with Gasteiger partial charge in [0.2, 0.25) is 0 Å². The van der Waals surface area contributed by atoms with Gasteiger partial charge in [0.15, 0.2) is 0 Å². The van der Waals surface area contributed by atoms with Gasteiger partial charge in [0.25, 0.3) is 0 Å². The van der Waals surface area contributed by atoms with Crippen molar-refractivity contribution < 1.29 is 4.74 Å². The summed E-state index contributed by atoms with van der Waals surface area (Å²) in [6, 6.07) is 7.79. The van der Waals surface area contributed by atoms with E-state index < -0.39 is 0 Å². The van der Waals surface area contributed by atoms with Gasteiger partial charge in [-0.2, -0.15) is 0 Å². The molecule has 0 aliphatic heterocycles. The summed E-state index contributed by atoms with van der Waals surface area (Å²) in [7, 11) is 0. The summed E-state index contributed by atoms with van der Waals surface area (Å²) in [6.45, 7) is 7.66. The molecule has 84 valence electrons. The maximum Gasteiger partial charge on any atom is 0.0994 e. The normalized spacial score (nSPS) is 10.9. The molecule has 0 bridgehead atoms. The molecule has 0 amide bonds. The predicted molar refractivity (Wildman–Crippen MR) is 63.4 cm³/mol.